The molecule has 0 amide bonds. The van der Waals surface area contributed by atoms with Crippen molar-refractivity contribution in [2.45, 2.75) is 13.3 Å². The molecule has 3 N–H and O–H groups in total. The Kier molecular flexibility index (Phi) is 6.07. The molecule has 1 atom stereocenters. The number of rotatable bonds is 7. The first-order chi connectivity index (χ1) is 17.0. The van der Waals surface area contributed by atoms with Gasteiger partial charge in [-0.3, -0.25) is 9.79 Å². The molecule has 1 unspecified atom stereocenters. The zero-order valence-corrected chi connectivity index (χ0v) is 18.9. The Balaban J connectivity index is 1.50. The van der Waals surface area contributed by atoms with E-state index in [1.165, 1.54) is 18.3 Å². The van der Waals surface area contributed by atoms with Crippen LogP contribution in [0.4, 0.5) is 10.1 Å². The van der Waals surface area contributed by atoms with Crippen molar-refractivity contribution in [2.75, 3.05) is 6.61 Å². The van der Waals surface area contributed by atoms with Crippen LogP contribution in [-0.4, -0.2) is 42.4 Å². The number of H-pyrrole nitrogens is 2. The van der Waals surface area contributed by atoms with E-state index in [-0.39, 0.29) is 23.9 Å². The van der Waals surface area contributed by atoms with Crippen molar-refractivity contribution >= 4 is 22.9 Å². The van der Waals surface area contributed by atoms with Crippen molar-refractivity contribution in [1.82, 2.24) is 24.5 Å². The number of benzene rings is 2. The number of fused-ring (bicyclic) bond motifs is 1. The number of nitrogens with zero attached hydrogens (tertiary/aromatic N) is 4. The van der Waals surface area contributed by atoms with Crippen LogP contribution in [0.5, 0.6) is 0 Å². The van der Waals surface area contributed by atoms with E-state index in [1.54, 1.807) is 36.9 Å². The van der Waals surface area contributed by atoms with Gasteiger partial charge in [-0.2, -0.15) is 0 Å². The number of pyridine rings is 1. The number of aromatic amines is 2. The summed E-state index contributed by atoms with van der Waals surface area (Å²) in [4.78, 5) is 32.1. The number of aliphatic imine (C=N–C) groups is 1. The van der Waals surface area contributed by atoms with Crippen molar-refractivity contribution in [1.29, 1.82) is 0 Å². The van der Waals surface area contributed by atoms with Crippen LogP contribution in [0.15, 0.2) is 77.2 Å². The summed E-state index contributed by atoms with van der Waals surface area (Å²) in [5.41, 5.74) is 4.70. The summed E-state index contributed by atoms with van der Waals surface area (Å²) in [6, 6.07) is 11.8. The predicted molar refractivity (Wildman–Crippen MR) is 133 cm³/mol. The van der Waals surface area contributed by atoms with Crippen molar-refractivity contribution < 1.29 is 9.50 Å². The van der Waals surface area contributed by atoms with E-state index < -0.39 is 0 Å². The Morgan fingerprint density at radius 2 is 2.06 bits per heavy atom. The van der Waals surface area contributed by atoms with Crippen LogP contribution in [0.25, 0.3) is 28.1 Å². The van der Waals surface area contributed by atoms with Crippen LogP contribution in [0, 0.1) is 18.7 Å². The monoisotopic (exact) mass is 470 g/mol. The maximum atomic E-state index is 13.2. The van der Waals surface area contributed by atoms with Gasteiger partial charge in [-0.1, -0.05) is 12.1 Å². The van der Waals surface area contributed by atoms with E-state index in [1.807, 2.05) is 29.8 Å². The Bertz CT molecular complexity index is 1550. The zero-order chi connectivity index (χ0) is 24.4. The zero-order valence-electron chi connectivity index (χ0n) is 18.9. The maximum absolute atomic E-state index is 13.2. The molecule has 8 nitrogen and oxygen atoms in total. The van der Waals surface area contributed by atoms with Gasteiger partial charge in [0.1, 0.15) is 17.2 Å². The lowest BCUT2D eigenvalue weighted by Crippen LogP contribution is -2.12. The molecule has 0 fully saturated rings. The second kappa shape index (κ2) is 9.47. The Labute approximate surface area is 199 Å². The predicted octanol–water partition coefficient (Wildman–Crippen LogP) is 4.10. The fraction of sp³-hybridized carbons (Fsp3) is 0.154. The normalized spacial score (nSPS) is 12.5. The number of aliphatic hydroxyl groups excluding tert-OH is 1. The molecule has 0 aliphatic heterocycles. The molecule has 2 aromatic carbocycles. The average Bonchev–Trinajstić information content (AvgIpc) is 3.53. The van der Waals surface area contributed by atoms with E-state index in [9.17, 15) is 14.3 Å². The quantitative estimate of drug-likeness (QED) is 0.311. The summed E-state index contributed by atoms with van der Waals surface area (Å²) in [5, 5.41) is 9.83. The fourth-order valence-electron chi connectivity index (χ4n) is 4.03. The highest BCUT2D eigenvalue weighted by Gasteiger charge is 2.16. The first kappa shape index (κ1) is 22.4. The van der Waals surface area contributed by atoms with E-state index in [0.717, 1.165) is 27.8 Å². The maximum Gasteiger partial charge on any atom is 0.261 e. The van der Waals surface area contributed by atoms with Crippen LogP contribution in [0.2, 0.25) is 0 Å². The third kappa shape index (κ3) is 4.67. The lowest BCUT2D eigenvalue weighted by molar-refractivity contribution is 0.263. The smallest absolute Gasteiger partial charge is 0.261 e. The fourth-order valence-corrected chi connectivity index (χ4v) is 4.03. The minimum absolute atomic E-state index is 0.139. The van der Waals surface area contributed by atoms with Gasteiger partial charge in [0, 0.05) is 36.4 Å². The van der Waals surface area contributed by atoms with Gasteiger partial charge < -0.3 is 19.6 Å². The van der Waals surface area contributed by atoms with Gasteiger partial charge in [0.05, 0.1) is 29.7 Å². The first-order valence-electron chi connectivity index (χ1n) is 11.1. The van der Waals surface area contributed by atoms with Gasteiger partial charge >= 0.3 is 0 Å². The van der Waals surface area contributed by atoms with Gasteiger partial charge in [0.2, 0.25) is 0 Å². The molecule has 3 heterocycles. The van der Waals surface area contributed by atoms with Crippen LogP contribution >= 0.6 is 0 Å². The number of imidazole rings is 2. The van der Waals surface area contributed by atoms with Crippen LogP contribution < -0.4 is 5.56 Å². The van der Waals surface area contributed by atoms with Crippen LogP contribution in [0.1, 0.15) is 11.1 Å². The molecular formula is C26H23FN6O2. The number of aliphatic hydroxyl groups is 1. The van der Waals surface area contributed by atoms with Crippen LogP contribution in [0.3, 0.4) is 0 Å². The Morgan fingerprint density at radius 1 is 1.23 bits per heavy atom. The van der Waals surface area contributed by atoms with Crippen molar-refractivity contribution in [2.24, 2.45) is 10.9 Å². The van der Waals surface area contributed by atoms with Gasteiger partial charge in [-0.25, -0.2) is 14.4 Å². The molecule has 0 bridgehead atoms. The van der Waals surface area contributed by atoms with Gasteiger partial charge in [0.15, 0.2) is 0 Å². The van der Waals surface area contributed by atoms with Crippen molar-refractivity contribution in [3.63, 3.8) is 0 Å². The third-order valence-corrected chi connectivity index (χ3v) is 5.81. The third-order valence-electron chi connectivity index (χ3n) is 5.81. The molecule has 5 rings (SSSR count). The summed E-state index contributed by atoms with van der Waals surface area (Å²) < 4.78 is 15.1. The molecule has 0 spiro atoms. The number of hydrogen-bond acceptors (Lipinski definition) is 5. The van der Waals surface area contributed by atoms with E-state index in [2.05, 4.69) is 19.9 Å². The molecule has 0 aliphatic rings. The average molecular weight is 471 g/mol. The summed E-state index contributed by atoms with van der Waals surface area (Å²) in [5.74, 6) is -0.212. The Hall–Kier alpha value is -4.37. The SMILES string of the molecule is Cc1cc(-n2ccnc2)cc2[nH]c(-c3c(N=CC(CO)Cc4ccc(F)cc4)cc[nH]c3=O)nc12. The summed E-state index contributed by atoms with van der Waals surface area (Å²) in [6.45, 7) is 1.82. The standard InChI is InChI=1S/C26H23FN6O2/c1-16-10-20(33-9-8-28-15-33)12-22-24(16)32-25(31-22)23-21(6-7-29-26(23)35)30-13-18(14-34)11-17-2-4-19(27)5-3-17/h2-10,12-13,15,18,34H,11,14H2,1H3,(H,29,35)(H,31,32). The summed E-state index contributed by atoms with van der Waals surface area (Å²) in [6.07, 6.45) is 8.91. The van der Waals surface area contributed by atoms with E-state index in [0.29, 0.717) is 23.5 Å². The molecule has 5 aromatic rings. The van der Waals surface area contributed by atoms with E-state index in [4.69, 9.17) is 4.98 Å². The Morgan fingerprint density at radius 3 is 2.80 bits per heavy atom. The van der Waals surface area contributed by atoms with Gasteiger partial charge in [-0.15, -0.1) is 0 Å². The van der Waals surface area contributed by atoms with E-state index >= 15 is 0 Å². The minimum Gasteiger partial charge on any atom is -0.396 e. The van der Waals surface area contributed by atoms with Gasteiger partial charge in [-0.05, 0) is 54.8 Å². The lowest BCUT2D eigenvalue weighted by atomic mass is 10.0. The molecule has 0 saturated heterocycles. The highest BCUT2D eigenvalue weighted by molar-refractivity contribution is 5.86. The summed E-state index contributed by atoms with van der Waals surface area (Å²) >= 11 is 0. The number of halogens is 1. The minimum atomic E-state index is -0.328. The van der Waals surface area contributed by atoms with Crippen molar-refractivity contribution in [3.05, 3.63) is 94.7 Å². The second-order valence-electron chi connectivity index (χ2n) is 8.33. The van der Waals surface area contributed by atoms with Crippen molar-refractivity contribution in [3.8, 4) is 17.1 Å². The number of aromatic nitrogens is 5. The summed E-state index contributed by atoms with van der Waals surface area (Å²) in [7, 11) is 0. The second-order valence-corrected chi connectivity index (χ2v) is 8.33. The first-order valence-corrected chi connectivity index (χ1v) is 11.1. The molecule has 9 heteroatoms. The number of nitrogens with one attached hydrogen (secondary N) is 2. The highest BCUT2D eigenvalue weighted by Crippen LogP contribution is 2.29. The molecule has 35 heavy (non-hydrogen) atoms. The van der Waals surface area contributed by atoms with Crippen LogP contribution in [-0.2, 0) is 6.42 Å². The molecular weight excluding hydrogens is 447 g/mol. The largest absolute Gasteiger partial charge is 0.396 e. The lowest BCUT2D eigenvalue weighted by Gasteiger charge is -2.09. The topological polar surface area (TPSA) is 112 Å². The molecule has 3 aromatic heterocycles. The number of aryl methyl sites for hydroxylation is 1. The molecule has 0 saturated carbocycles. The van der Waals surface area contributed by atoms with Gasteiger partial charge in [0.25, 0.3) is 5.56 Å². The molecule has 176 valence electrons. The highest BCUT2D eigenvalue weighted by atomic mass is 19.1. The number of hydrogen-bond donors (Lipinski definition) is 3. The molecule has 0 aliphatic carbocycles. The molecule has 0 radical (unpaired) electrons.